The van der Waals surface area contributed by atoms with Gasteiger partial charge in [-0.25, -0.2) is 0 Å². The summed E-state index contributed by atoms with van der Waals surface area (Å²) in [5.74, 6) is 1.01. The number of carbonyl (C=O) groups is 1. The number of fused-ring (bicyclic) bond motifs is 1. The van der Waals surface area contributed by atoms with Gasteiger partial charge in [-0.3, -0.25) is 4.79 Å². The van der Waals surface area contributed by atoms with Crippen LogP contribution in [0.25, 0.3) is 0 Å². The molecule has 102 valence electrons. The second-order valence-electron chi connectivity index (χ2n) is 6.00. The van der Waals surface area contributed by atoms with Gasteiger partial charge in [-0.05, 0) is 36.8 Å². The molecule has 1 aliphatic carbocycles. The van der Waals surface area contributed by atoms with Crippen molar-refractivity contribution in [2.75, 3.05) is 0 Å². The Morgan fingerprint density at radius 1 is 1.37 bits per heavy atom. The Labute approximate surface area is 114 Å². The van der Waals surface area contributed by atoms with E-state index < -0.39 is 0 Å². The highest BCUT2D eigenvalue weighted by Gasteiger charge is 2.27. The number of amides is 1. The van der Waals surface area contributed by atoms with Crippen LogP contribution < -0.4 is 10.6 Å². The number of rotatable bonds is 4. The summed E-state index contributed by atoms with van der Waals surface area (Å²) in [4.78, 5) is 12.2. The highest BCUT2D eigenvalue weighted by atomic mass is 16.2. The van der Waals surface area contributed by atoms with Crippen LogP contribution >= 0.6 is 0 Å². The van der Waals surface area contributed by atoms with Crippen molar-refractivity contribution in [1.82, 2.24) is 10.6 Å². The third-order valence-corrected chi connectivity index (χ3v) is 4.17. The maximum absolute atomic E-state index is 12.2. The van der Waals surface area contributed by atoms with Crippen LogP contribution in [0.4, 0.5) is 0 Å². The first-order valence-electron chi connectivity index (χ1n) is 7.33. The predicted molar refractivity (Wildman–Crippen MR) is 75.7 cm³/mol. The summed E-state index contributed by atoms with van der Waals surface area (Å²) in [7, 11) is 0. The summed E-state index contributed by atoms with van der Waals surface area (Å²) in [5.41, 5.74) is 2.62. The Morgan fingerprint density at radius 3 is 2.84 bits per heavy atom. The van der Waals surface area contributed by atoms with E-state index in [4.69, 9.17) is 0 Å². The lowest BCUT2D eigenvalue weighted by Gasteiger charge is -2.26. The largest absolute Gasteiger partial charge is 0.352 e. The van der Waals surface area contributed by atoms with Gasteiger partial charge in [-0.2, -0.15) is 0 Å². The number of carbonyl (C=O) groups excluding carboxylic acids is 1. The van der Waals surface area contributed by atoms with E-state index in [2.05, 4.69) is 41.8 Å². The number of nitrogens with one attached hydrogen (secondary N) is 2. The smallest absolute Gasteiger partial charge is 0.237 e. The summed E-state index contributed by atoms with van der Waals surface area (Å²) >= 11 is 0. The molecule has 1 aliphatic heterocycles. The van der Waals surface area contributed by atoms with Gasteiger partial charge < -0.3 is 10.6 Å². The van der Waals surface area contributed by atoms with Crippen LogP contribution in [0.15, 0.2) is 24.3 Å². The fourth-order valence-corrected chi connectivity index (χ4v) is 2.90. The molecule has 1 saturated carbocycles. The summed E-state index contributed by atoms with van der Waals surface area (Å²) in [6, 6.07) is 8.60. The monoisotopic (exact) mass is 258 g/mol. The van der Waals surface area contributed by atoms with Gasteiger partial charge in [0.1, 0.15) is 0 Å². The van der Waals surface area contributed by atoms with E-state index in [-0.39, 0.29) is 11.9 Å². The van der Waals surface area contributed by atoms with Gasteiger partial charge in [0.15, 0.2) is 0 Å². The molecule has 3 heteroatoms. The van der Waals surface area contributed by atoms with Gasteiger partial charge in [-0.1, -0.05) is 37.1 Å². The lowest BCUT2D eigenvalue weighted by atomic mass is 9.95. The van der Waals surface area contributed by atoms with Crippen LogP contribution in [0.3, 0.4) is 0 Å². The van der Waals surface area contributed by atoms with Gasteiger partial charge in [-0.15, -0.1) is 0 Å². The Hall–Kier alpha value is -1.35. The van der Waals surface area contributed by atoms with Gasteiger partial charge in [0.25, 0.3) is 0 Å². The van der Waals surface area contributed by atoms with Gasteiger partial charge in [0, 0.05) is 12.6 Å². The van der Waals surface area contributed by atoms with Crippen molar-refractivity contribution < 1.29 is 4.79 Å². The average Bonchev–Trinajstić information content (AvgIpc) is 3.21. The van der Waals surface area contributed by atoms with Crippen LogP contribution in [0, 0.1) is 5.92 Å². The zero-order chi connectivity index (χ0) is 13.2. The molecule has 0 spiro atoms. The van der Waals surface area contributed by atoms with Crippen molar-refractivity contribution in [2.24, 2.45) is 5.92 Å². The minimum absolute atomic E-state index is 0.0726. The predicted octanol–water partition coefficient (Wildman–Crippen LogP) is 2.01. The molecule has 0 saturated heterocycles. The third-order valence-electron chi connectivity index (χ3n) is 4.17. The normalized spacial score (nSPS) is 23.5. The van der Waals surface area contributed by atoms with E-state index in [1.807, 2.05) is 0 Å². The topological polar surface area (TPSA) is 41.1 Å². The fourth-order valence-electron chi connectivity index (χ4n) is 2.90. The Kier molecular flexibility index (Phi) is 3.56. The minimum Gasteiger partial charge on any atom is -0.352 e. The number of hydrogen-bond donors (Lipinski definition) is 2. The first kappa shape index (κ1) is 12.7. The molecule has 2 N–H and O–H groups in total. The van der Waals surface area contributed by atoms with E-state index in [1.165, 1.54) is 24.0 Å². The molecule has 0 radical (unpaired) electrons. The zero-order valence-corrected chi connectivity index (χ0v) is 11.5. The summed E-state index contributed by atoms with van der Waals surface area (Å²) in [5, 5.41) is 6.49. The summed E-state index contributed by atoms with van der Waals surface area (Å²) in [6.45, 7) is 2.91. The van der Waals surface area contributed by atoms with Crippen LogP contribution in [-0.2, 0) is 17.8 Å². The van der Waals surface area contributed by atoms with Crippen molar-refractivity contribution in [2.45, 2.75) is 51.2 Å². The Morgan fingerprint density at radius 2 is 2.11 bits per heavy atom. The highest BCUT2D eigenvalue weighted by molar-refractivity contribution is 5.82. The van der Waals surface area contributed by atoms with Gasteiger partial charge in [0.05, 0.1) is 6.04 Å². The van der Waals surface area contributed by atoms with Crippen LogP contribution in [0.1, 0.15) is 37.3 Å². The van der Waals surface area contributed by atoms with E-state index in [0.29, 0.717) is 6.04 Å². The average molecular weight is 258 g/mol. The minimum atomic E-state index is -0.0726. The molecular formula is C16H22N2O. The van der Waals surface area contributed by atoms with Gasteiger partial charge in [0.2, 0.25) is 5.91 Å². The quantitative estimate of drug-likeness (QED) is 0.867. The van der Waals surface area contributed by atoms with Crippen LogP contribution in [0.2, 0.25) is 0 Å². The molecule has 1 fully saturated rings. The molecular weight excluding hydrogens is 236 g/mol. The first-order chi connectivity index (χ1) is 9.22. The fraction of sp³-hybridized carbons (Fsp3) is 0.562. The second kappa shape index (κ2) is 5.33. The third kappa shape index (κ3) is 3.16. The molecule has 3 rings (SSSR count). The number of hydrogen-bond acceptors (Lipinski definition) is 2. The van der Waals surface area contributed by atoms with Crippen molar-refractivity contribution in [3.63, 3.8) is 0 Å². The summed E-state index contributed by atoms with van der Waals surface area (Å²) in [6.07, 6.45) is 4.62. The lowest BCUT2D eigenvalue weighted by molar-refractivity contribution is -0.124. The molecule has 0 bridgehead atoms. The van der Waals surface area contributed by atoms with Crippen molar-refractivity contribution in [1.29, 1.82) is 0 Å². The molecule has 2 unspecified atom stereocenters. The van der Waals surface area contributed by atoms with Crippen molar-refractivity contribution in [3.8, 4) is 0 Å². The molecule has 1 heterocycles. The highest BCUT2D eigenvalue weighted by Crippen LogP contribution is 2.33. The Balaban J connectivity index is 1.56. The standard InChI is InChI=1S/C16H22N2O/c1-11(8-12-6-7-12)18-16(19)15-9-13-4-2-3-5-14(13)10-17-15/h2-5,11-12,15,17H,6-10H2,1H3,(H,18,19). The van der Waals surface area contributed by atoms with E-state index in [0.717, 1.165) is 25.3 Å². The molecule has 0 aromatic heterocycles. The first-order valence-corrected chi connectivity index (χ1v) is 7.33. The number of benzene rings is 1. The summed E-state index contributed by atoms with van der Waals surface area (Å²) < 4.78 is 0. The van der Waals surface area contributed by atoms with Gasteiger partial charge >= 0.3 is 0 Å². The van der Waals surface area contributed by atoms with E-state index >= 15 is 0 Å². The van der Waals surface area contributed by atoms with E-state index in [9.17, 15) is 4.79 Å². The zero-order valence-electron chi connectivity index (χ0n) is 11.5. The maximum Gasteiger partial charge on any atom is 0.237 e. The van der Waals surface area contributed by atoms with Crippen LogP contribution in [-0.4, -0.2) is 18.0 Å². The second-order valence-corrected chi connectivity index (χ2v) is 6.00. The van der Waals surface area contributed by atoms with Crippen LogP contribution in [0.5, 0.6) is 0 Å². The molecule has 19 heavy (non-hydrogen) atoms. The van der Waals surface area contributed by atoms with Crippen molar-refractivity contribution in [3.05, 3.63) is 35.4 Å². The molecule has 2 aliphatic rings. The lowest BCUT2D eigenvalue weighted by Crippen LogP contribution is -2.49. The molecule has 1 aromatic carbocycles. The SMILES string of the molecule is CC(CC1CC1)NC(=O)C1Cc2ccccc2CN1. The van der Waals surface area contributed by atoms with E-state index in [1.54, 1.807) is 0 Å². The van der Waals surface area contributed by atoms with Crippen molar-refractivity contribution >= 4 is 5.91 Å². The molecule has 2 atom stereocenters. The molecule has 1 aromatic rings. The Bertz CT molecular complexity index is 468. The molecule has 1 amide bonds. The molecule has 3 nitrogen and oxygen atoms in total. The maximum atomic E-state index is 12.2.